The number of hydrogen-bond acceptors (Lipinski definition) is 11. The Hall–Kier alpha value is -4.58. The lowest BCUT2D eigenvalue weighted by Gasteiger charge is -2.34. The molecule has 3 amide bonds. The van der Waals surface area contributed by atoms with Crippen molar-refractivity contribution >= 4 is 55.8 Å². The van der Waals surface area contributed by atoms with E-state index in [-0.39, 0.29) is 70.0 Å². The number of amides is 3. The molecular weight excluding hydrogens is 884 g/mol. The summed E-state index contributed by atoms with van der Waals surface area (Å²) in [4.78, 5) is 70.4. The van der Waals surface area contributed by atoms with E-state index in [2.05, 4.69) is 18.6 Å². The maximum Gasteiger partial charge on any atom is 0.391 e. The molecule has 2 saturated heterocycles. The maximum atomic E-state index is 15.0. The SMILES string of the molecule is COc1ccc2c(O[C@@H]3C[C@H]4C(=O)C[C@]5(C(=O)NS(=O)(=O)C6CC6)C[C@H]5/C=C\CCCCC[C@H](CC(=O)N5CCC(C(F)(F)F)CC5)C(=O)N4C3)cc(-c3nc(C(C)C)cs3)nc2c1C. The molecule has 0 bridgehead atoms. The number of rotatable bonds is 10. The van der Waals surface area contributed by atoms with Gasteiger partial charge in [-0.1, -0.05) is 38.8 Å². The number of nitrogens with zero attached hydrogens (tertiary/aromatic N) is 4. The monoisotopic (exact) mass is 941 g/mol. The van der Waals surface area contributed by atoms with Gasteiger partial charge in [-0.25, -0.2) is 18.4 Å². The van der Waals surface area contributed by atoms with Gasteiger partial charge in [-0.3, -0.25) is 23.9 Å². The van der Waals surface area contributed by atoms with Gasteiger partial charge >= 0.3 is 6.18 Å². The molecule has 5 heterocycles. The number of likely N-dealkylation sites (tertiary alicyclic amines) is 1. The Balaban J connectivity index is 1.12. The lowest BCUT2D eigenvalue weighted by molar-refractivity contribution is -0.186. The number of allylic oxidation sites excluding steroid dienone is 2. The largest absolute Gasteiger partial charge is 0.496 e. The average Bonchev–Trinajstić information content (AvgIpc) is 4.14. The van der Waals surface area contributed by atoms with Crippen LogP contribution in [0.3, 0.4) is 0 Å². The topological polar surface area (TPSA) is 165 Å². The molecule has 13 nitrogen and oxygen atoms in total. The fourth-order valence-corrected chi connectivity index (χ4v) is 12.1. The number of alkyl halides is 3. The fourth-order valence-electron chi connectivity index (χ4n) is 9.77. The lowest BCUT2D eigenvalue weighted by Crippen LogP contribution is -2.47. The molecule has 2 saturated carbocycles. The molecule has 1 N–H and O–H groups in total. The third kappa shape index (κ3) is 10.1. The minimum absolute atomic E-state index is 0.0292. The number of sulfonamides is 1. The van der Waals surface area contributed by atoms with E-state index in [0.717, 1.165) is 24.1 Å². The molecule has 18 heteroatoms. The minimum atomic E-state index is -4.35. The van der Waals surface area contributed by atoms with E-state index in [9.17, 15) is 36.0 Å². The quantitative estimate of drug-likeness (QED) is 0.197. The number of ether oxygens (including phenoxy) is 2. The van der Waals surface area contributed by atoms with Gasteiger partial charge in [-0.2, -0.15) is 13.2 Å². The molecule has 352 valence electrons. The van der Waals surface area contributed by atoms with Crippen molar-refractivity contribution in [3.63, 3.8) is 0 Å². The van der Waals surface area contributed by atoms with Crippen LogP contribution in [0.2, 0.25) is 0 Å². The van der Waals surface area contributed by atoms with Crippen LogP contribution >= 0.6 is 11.3 Å². The number of ketones is 1. The van der Waals surface area contributed by atoms with Crippen LogP contribution in [0.4, 0.5) is 13.2 Å². The predicted molar refractivity (Wildman–Crippen MR) is 239 cm³/mol. The zero-order valence-corrected chi connectivity index (χ0v) is 39.0. The van der Waals surface area contributed by atoms with Crippen molar-refractivity contribution in [2.24, 2.45) is 23.2 Å². The van der Waals surface area contributed by atoms with Gasteiger partial charge in [-0.15, -0.1) is 11.3 Å². The van der Waals surface area contributed by atoms with Crippen LogP contribution in [0.15, 0.2) is 35.7 Å². The molecule has 4 fully saturated rings. The van der Waals surface area contributed by atoms with Crippen LogP contribution in [0, 0.1) is 30.1 Å². The van der Waals surface area contributed by atoms with Crippen molar-refractivity contribution < 1.29 is 50.2 Å². The van der Waals surface area contributed by atoms with E-state index >= 15 is 4.79 Å². The second-order valence-corrected chi connectivity index (χ2v) is 21.8. The van der Waals surface area contributed by atoms with Gasteiger partial charge in [-0.05, 0) is 82.3 Å². The van der Waals surface area contributed by atoms with Crippen molar-refractivity contribution in [3.05, 3.63) is 47.0 Å². The first-order chi connectivity index (χ1) is 30.9. The maximum absolute atomic E-state index is 15.0. The normalized spacial score (nSPS) is 26.6. The summed E-state index contributed by atoms with van der Waals surface area (Å²) in [6, 6.07) is 4.40. The summed E-state index contributed by atoms with van der Waals surface area (Å²) < 4.78 is 81.4. The number of carbonyl (C=O) groups excluding carboxylic acids is 4. The highest BCUT2D eigenvalue weighted by molar-refractivity contribution is 7.90. The standard InChI is InChI=1S/C47H58F3N5O8S2/c1-27(2)36-26-64-43(52-36)35-22-40(34-14-15-39(62-4)28(3)42(34)51-35)63-32-21-37-38(56)24-46(45(59)53-65(60,61)33-12-13-33)23-31(46)11-9-7-5-6-8-10-29(44(58)55(37)25-32)20-41(57)54-18-16-30(17-19-54)47(48,49)50/h9,11,14-15,22,26-27,29-33,37H,5-8,10,12-13,16-21,23-25H2,1-4H3,(H,53,59)/b11-9-/t29-,31-,32-,37+,46-/m1/s1. The third-order valence-corrected chi connectivity index (χ3v) is 16.8. The second-order valence-electron chi connectivity index (χ2n) is 19.0. The number of nitrogens with one attached hydrogen (secondary N) is 1. The van der Waals surface area contributed by atoms with E-state index in [0.29, 0.717) is 65.2 Å². The van der Waals surface area contributed by atoms with Crippen LogP contribution in [0.25, 0.3) is 21.6 Å². The fraction of sp³-hybridized carbons (Fsp3) is 0.617. The van der Waals surface area contributed by atoms with E-state index in [1.54, 1.807) is 13.2 Å². The number of aryl methyl sites for hydroxylation is 1. The second kappa shape index (κ2) is 18.6. The van der Waals surface area contributed by atoms with Crippen molar-refractivity contribution in [1.82, 2.24) is 24.5 Å². The highest BCUT2D eigenvalue weighted by Crippen LogP contribution is 2.57. The molecule has 5 atom stereocenters. The first kappa shape index (κ1) is 46.9. The molecule has 0 spiro atoms. The minimum Gasteiger partial charge on any atom is -0.496 e. The Morgan fingerprint density at radius 2 is 1.78 bits per heavy atom. The number of thiazole rings is 1. The predicted octanol–water partition coefficient (Wildman–Crippen LogP) is 8.05. The molecule has 8 rings (SSSR count). The number of aromatic nitrogens is 2. The molecule has 2 aromatic heterocycles. The zero-order valence-electron chi connectivity index (χ0n) is 37.3. The van der Waals surface area contributed by atoms with E-state index in [4.69, 9.17) is 19.4 Å². The average molecular weight is 942 g/mol. The van der Waals surface area contributed by atoms with Gasteiger partial charge in [0.05, 0.1) is 47.5 Å². The Morgan fingerprint density at radius 3 is 2.46 bits per heavy atom. The molecule has 5 aliphatic rings. The number of halogens is 3. The van der Waals surface area contributed by atoms with E-state index in [1.165, 1.54) is 21.1 Å². The summed E-state index contributed by atoms with van der Waals surface area (Å²) in [5.41, 5.74) is 1.56. The number of Topliss-reactive ketones (excluding diaryl/α,β-unsaturated/α-hetero) is 1. The molecule has 3 aliphatic heterocycles. The number of fused-ring (bicyclic) bond motifs is 3. The van der Waals surface area contributed by atoms with Gasteiger partial charge in [0.1, 0.15) is 28.3 Å². The Kier molecular flexibility index (Phi) is 13.4. The summed E-state index contributed by atoms with van der Waals surface area (Å²) in [7, 11) is -2.34. The first-order valence-electron chi connectivity index (χ1n) is 22.9. The van der Waals surface area contributed by atoms with Gasteiger partial charge in [0, 0.05) is 60.7 Å². The van der Waals surface area contributed by atoms with Gasteiger partial charge in [0.2, 0.25) is 27.7 Å². The molecule has 0 radical (unpaired) electrons. The molecule has 2 aliphatic carbocycles. The Bertz CT molecular complexity index is 2460. The molecule has 0 unspecified atom stereocenters. The Labute approximate surface area is 382 Å². The van der Waals surface area contributed by atoms with Gasteiger partial charge in [0.25, 0.3) is 0 Å². The molecule has 65 heavy (non-hydrogen) atoms. The summed E-state index contributed by atoms with van der Waals surface area (Å²) in [6.45, 7) is 5.85. The smallest absolute Gasteiger partial charge is 0.391 e. The van der Waals surface area contributed by atoms with Gasteiger partial charge < -0.3 is 19.3 Å². The highest BCUT2D eigenvalue weighted by atomic mass is 32.2. The molecule has 3 aromatic rings. The number of carbonyl (C=O) groups is 4. The summed E-state index contributed by atoms with van der Waals surface area (Å²) in [6.07, 6.45) is 2.14. The van der Waals surface area contributed by atoms with E-state index < -0.39 is 74.4 Å². The van der Waals surface area contributed by atoms with Crippen molar-refractivity contribution in [2.45, 2.75) is 134 Å². The van der Waals surface area contributed by atoms with Crippen molar-refractivity contribution in [2.75, 3.05) is 26.7 Å². The molecule has 1 aromatic carbocycles. The van der Waals surface area contributed by atoms with Crippen molar-refractivity contribution in [3.8, 4) is 22.2 Å². The Morgan fingerprint density at radius 1 is 1.03 bits per heavy atom. The number of benzene rings is 1. The highest BCUT2D eigenvalue weighted by Gasteiger charge is 2.61. The first-order valence-corrected chi connectivity index (χ1v) is 25.3. The number of hydrogen-bond donors (Lipinski definition) is 1. The molecular formula is C47H58F3N5O8S2. The number of piperidine rings is 1. The van der Waals surface area contributed by atoms with Crippen LogP contribution in [-0.4, -0.2) is 102 Å². The number of methoxy groups -OCH3 is 1. The summed E-state index contributed by atoms with van der Waals surface area (Å²) in [5, 5.41) is 2.70. The lowest BCUT2D eigenvalue weighted by atomic mass is 9.90. The van der Waals surface area contributed by atoms with Crippen LogP contribution in [0.5, 0.6) is 11.5 Å². The van der Waals surface area contributed by atoms with Crippen LogP contribution in [0.1, 0.15) is 114 Å². The third-order valence-electron chi connectivity index (χ3n) is 14.1. The van der Waals surface area contributed by atoms with Crippen molar-refractivity contribution in [1.29, 1.82) is 0 Å². The summed E-state index contributed by atoms with van der Waals surface area (Å²) >= 11 is 1.46. The van der Waals surface area contributed by atoms with Gasteiger partial charge in [0.15, 0.2) is 5.78 Å². The van der Waals surface area contributed by atoms with E-state index in [1.807, 2.05) is 36.6 Å². The zero-order chi connectivity index (χ0) is 46.4. The van der Waals surface area contributed by atoms with Crippen LogP contribution < -0.4 is 14.2 Å². The number of pyridine rings is 1. The summed E-state index contributed by atoms with van der Waals surface area (Å²) in [5.74, 6) is -3.45. The van der Waals surface area contributed by atoms with Crippen LogP contribution in [-0.2, 0) is 29.2 Å².